The van der Waals surface area contributed by atoms with Crippen molar-refractivity contribution in [3.8, 4) is 17.1 Å². The Bertz CT molecular complexity index is 1180. The molecule has 1 aliphatic heterocycles. The third kappa shape index (κ3) is 4.30. The number of nitrogens with zero attached hydrogens (tertiary/aromatic N) is 5. The second-order valence-electron chi connectivity index (χ2n) is 8.51. The molecular weight excluding hydrogens is 426 g/mol. The summed E-state index contributed by atoms with van der Waals surface area (Å²) < 4.78 is 10.9. The third-order valence-electron chi connectivity index (χ3n) is 6.14. The molecular formula is C22H25N7O4. The molecule has 0 spiro atoms. The number of hydrogen-bond acceptors (Lipinski definition) is 8. The lowest BCUT2D eigenvalue weighted by Crippen LogP contribution is -2.49. The largest absolute Gasteiger partial charge is 0.489 e. The van der Waals surface area contributed by atoms with E-state index < -0.39 is 11.9 Å². The Labute approximate surface area is 189 Å². The summed E-state index contributed by atoms with van der Waals surface area (Å²) in [4.78, 5) is 35.8. The molecule has 0 radical (unpaired) electrons. The van der Waals surface area contributed by atoms with Crippen LogP contribution >= 0.6 is 0 Å². The minimum Gasteiger partial charge on any atom is -0.489 e. The van der Waals surface area contributed by atoms with Crippen LogP contribution < -0.4 is 15.0 Å². The van der Waals surface area contributed by atoms with Crippen LogP contribution in [0.4, 0.5) is 5.69 Å². The Morgan fingerprint density at radius 3 is 2.85 bits per heavy atom. The number of ether oxygens (including phenoxy) is 1. The van der Waals surface area contributed by atoms with Gasteiger partial charge in [-0.2, -0.15) is 4.98 Å². The maximum absolute atomic E-state index is 13.1. The van der Waals surface area contributed by atoms with Gasteiger partial charge < -0.3 is 19.5 Å². The van der Waals surface area contributed by atoms with Gasteiger partial charge in [-0.1, -0.05) is 30.8 Å². The van der Waals surface area contributed by atoms with Crippen LogP contribution in [0.3, 0.4) is 0 Å². The van der Waals surface area contributed by atoms with Crippen molar-refractivity contribution in [1.29, 1.82) is 0 Å². The number of hydrogen-bond donors (Lipinski definition) is 2. The second-order valence-corrected chi connectivity index (χ2v) is 8.51. The number of amides is 2. The number of nitrogens with one attached hydrogen (secondary N) is 2. The molecule has 1 aliphatic carbocycles. The van der Waals surface area contributed by atoms with Crippen LogP contribution in [0, 0.1) is 12.8 Å². The number of likely N-dealkylation sites (N-methyl/N-ethyl adjacent to an activating group) is 1. The van der Waals surface area contributed by atoms with Crippen LogP contribution in [0.15, 0.2) is 22.7 Å². The summed E-state index contributed by atoms with van der Waals surface area (Å²) in [5, 5.41) is 13.5. The van der Waals surface area contributed by atoms with Crippen molar-refractivity contribution in [3.63, 3.8) is 0 Å². The molecule has 1 unspecified atom stereocenters. The van der Waals surface area contributed by atoms with Gasteiger partial charge in [0, 0.05) is 26.0 Å². The quantitative estimate of drug-likeness (QED) is 0.601. The van der Waals surface area contributed by atoms with E-state index in [0.29, 0.717) is 40.5 Å². The van der Waals surface area contributed by atoms with Gasteiger partial charge in [0.2, 0.25) is 17.5 Å². The van der Waals surface area contributed by atoms with Crippen LogP contribution in [0.25, 0.3) is 11.4 Å². The van der Waals surface area contributed by atoms with Crippen molar-refractivity contribution in [1.82, 2.24) is 30.6 Å². The zero-order chi connectivity index (χ0) is 22.9. The second kappa shape index (κ2) is 8.64. The molecule has 2 N–H and O–H groups in total. The van der Waals surface area contributed by atoms with E-state index in [1.165, 1.54) is 30.6 Å². The average Bonchev–Trinajstić information content (AvgIpc) is 3.57. The van der Waals surface area contributed by atoms with Gasteiger partial charge in [0.1, 0.15) is 24.2 Å². The van der Waals surface area contributed by atoms with Crippen LogP contribution in [0.2, 0.25) is 0 Å². The molecule has 0 saturated heterocycles. The molecule has 33 heavy (non-hydrogen) atoms. The molecule has 5 rings (SSSR count). The van der Waals surface area contributed by atoms with E-state index in [0.717, 1.165) is 6.42 Å². The Morgan fingerprint density at radius 2 is 2.09 bits per heavy atom. The van der Waals surface area contributed by atoms with E-state index in [4.69, 9.17) is 9.26 Å². The van der Waals surface area contributed by atoms with Crippen molar-refractivity contribution >= 4 is 17.5 Å². The molecule has 2 aromatic heterocycles. The normalized spacial score (nSPS) is 18.7. The molecule has 2 aliphatic rings. The number of rotatable bonds is 5. The van der Waals surface area contributed by atoms with Crippen molar-refractivity contribution in [3.05, 3.63) is 35.7 Å². The Balaban J connectivity index is 1.28. The lowest BCUT2D eigenvalue weighted by atomic mass is 10.0. The first-order valence-electron chi connectivity index (χ1n) is 11.0. The van der Waals surface area contributed by atoms with Crippen LogP contribution in [0.1, 0.15) is 48.0 Å². The fraction of sp³-hybridized carbons (Fsp3) is 0.455. The first-order chi connectivity index (χ1) is 16.0. The van der Waals surface area contributed by atoms with E-state index in [1.54, 1.807) is 32.2 Å². The van der Waals surface area contributed by atoms with Crippen molar-refractivity contribution in [2.75, 3.05) is 18.6 Å². The van der Waals surface area contributed by atoms with Crippen molar-refractivity contribution in [2.45, 2.75) is 45.1 Å². The highest BCUT2D eigenvalue weighted by molar-refractivity contribution is 6.02. The molecule has 1 atom stereocenters. The predicted molar refractivity (Wildman–Crippen MR) is 117 cm³/mol. The molecule has 1 saturated carbocycles. The molecule has 11 heteroatoms. The summed E-state index contributed by atoms with van der Waals surface area (Å²) in [5.41, 5.74) is 1.24. The summed E-state index contributed by atoms with van der Waals surface area (Å²) in [6.07, 6.45) is 5.62. The topological polar surface area (TPSA) is 139 Å². The number of carbonyl (C=O) groups excluding carboxylic acids is 2. The molecule has 2 amide bonds. The van der Waals surface area contributed by atoms with Gasteiger partial charge in [-0.25, -0.2) is 4.98 Å². The maximum atomic E-state index is 13.1. The Morgan fingerprint density at radius 1 is 1.27 bits per heavy atom. The van der Waals surface area contributed by atoms with Crippen molar-refractivity contribution in [2.24, 2.45) is 5.92 Å². The molecule has 3 heterocycles. The SMILES string of the molecule is Cc1nc(-c2ccc3c(c2)N(C)C(=O)C(NC(=O)c2n[nH]c(CC4CCCC4)n2)CO3)no1. The Kier molecular flexibility index (Phi) is 5.53. The highest BCUT2D eigenvalue weighted by Crippen LogP contribution is 2.34. The molecule has 0 bridgehead atoms. The van der Waals surface area contributed by atoms with E-state index in [1.807, 2.05) is 0 Å². The molecule has 1 fully saturated rings. The van der Waals surface area contributed by atoms with E-state index >= 15 is 0 Å². The zero-order valence-electron chi connectivity index (χ0n) is 18.5. The van der Waals surface area contributed by atoms with Gasteiger partial charge in [-0.3, -0.25) is 14.7 Å². The Hall–Kier alpha value is -3.76. The van der Waals surface area contributed by atoms with E-state index in [9.17, 15) is 9.59 Å². The lowest BCUT2D eigenvalue weighted by Gasteiger charge is -2.20. The number of H-pyrrole nitrogens is 1. The van der Waals surface area contributed by atoms with Gasteiger partial charge in [-0.15, -0.1) is 5.10 Å². The first-order valence-corrected chi connectivity index (χ1v) is 11.0. The number of benzene rings is 1. The number of aromatic amines is 1. The monoisotopic (exact) mass is 451 g/mol. The van der Waals surface area contributed by atoms with Crippen LogP contribution in [-0.2, 0) is 11.2 Å². The third-order valence-corrected chi connectivity index (χ3v) is 6.14. The number of aryl methyl sites for hydroxylation is 1. The number of aromatic nitrogens is 5. The molecule has 1 aromatic carbocycles. The number of carbonyl (C=O) groups is 2. The van der Waals surface area contributed by atoms with Gasteiger partial charge >= 0.3 is 0 Å². The number of anilines is 1. The minimum absolute atomic E-state index is 0.0120. The summed E-state index contributed by atoms with van der Waals surface area (Å²) in [5.74, 6) is 1.85. The van der Waals surface area contributed by atoms with Gasteiger partial charge in [0.25, 0.3) is 11.8 Å². The first kappa shape index (κ1) is 21.1. The smallest absolute Gasteiger partial charge is 0.291 e. The summed E-state index contributed by atoms with van der Waals surface area (Å²) in [7, 11) is 1.63. The fourth-order valence-electron chi connectivity index (χ4n) is 4.36. The molecule has 3 aromatic rings. The average molecular weight is 451 g/mol. The summed E-state index contributed by atoms with van der Waals surface area (Å²) in [6, 6.07) is 4.41. The predicted octanol–water partition coefficient (Wildman–Crippen LogP) is 2.05. The van der Waals surface area contributed by atoms with E-state index in [2.05, 4.69) is 30.6 Å². The highest BCUT2D eigenvalue weighted by Gasteiger charge is 2.32. The van der Waals surface area contributed by atoms with Gasteiger partial charge in [-0.05, 0) is 24.1 Å². The maximum Gasteiger partial charge on any atom is 0.291 e. The van der Waals surface area contributed by atoms with Crippen molar-refractivity contribution < 1.29 is 18.8 Å². The zero-order valence-corrected chi connectivity index (χ0v) is 18.5. The fourth-order valence-corrected chi connectivity index (χ4v) is 4.36. The van der Waals surface area contributed by atoms with E-state index in [-0.39, 0.29) is 18.3 Å². The van der Waals surface area contributed by atoms with Gasteiger partial charge in [0.15, 0.2) is 0 Å². The highest BCUT2D eigenvalue weighted by atomic mass is 16.5. The van der Waals surface area contributed by atoms with Crippen LogP contribution in [0.5, 0.6) is 5.75 Å². The van der Waals surface area contributed by atoms with Crippen LogP contribution in [-0.4, -0.2) is 56.8 Å². The summed E-state index contributed by atoms with van der Waals surface area (Å²) in [6.45, 7) is 1.69. The minimum atomic E-state index is -0.887. The molecule has 11 nitrogen and oxygen atoms in total. The standard InChI is InChI=1S/C22H25N7O4/c1-12-23-19(28-33-12)14-7-8-17-16(10-14)29(2)22(31)15(11-32-17)24-21(30)20-25-18(26-27-20)9-13-5-3-4-6-13/h7-8,10,13,15H,3-6,9,11H2,1-2H3,(H,24,30)(H,25,26,27). The summed E-state index contributed by atoms with van der Waals surface area (Å²) >= 11 is 0. The number of fused-ring (bicyclic) bond motifs is 1. The van der Waals surface area contributed by atoms with Gasteiger partial charge in [0.05, 0.1) is 5.69 Å². The lowest BCUT2D eigenvalue weighted by molar-refractivity contribution is -0.120. The molecule has 172 valence electrons.